The number of alkyl halides is 3. The average molecular weight is 322 g/mol. The van der Waals surface area contributed by atoms with Gasteiger partial charge in [0.2, 0.25) is 0 Å². The number of hydrogen-bond acceptors (Lipinski definition) is 5. The molecule has 2 unspecified atom stereocenters. The van der Waals surface area contributed by atoms with Crippen molar-refractivity contribution in [1.29, 1.82) is 0 Å². The van der Waals surface area contributed by atoms with Gasteiger partial charge in [-0.3, -0.25) is 0 Å². The van der Waals surface area contributed by atoms with Gasteiger partial charge in [-0.05, 0) is 23.8 Å². The van der Waals surface area contributed by atoms with Gasteiger partial charge >= 0.3 is 11.5 Å². The lowest BCUT2D eigenvalue weighted by atomic mass is 10.0. The van der Waals surface area contributed by atoms with Crippen molar-refractivity contribution < 1.29 is 36.2 Å². The molecule has 21 heavy (non-hydrogen) atoms. The monoisotopic (exact) mass is 322 g/mol. The minimum Gasteiger partial charge on any atom is -0.452 e. The zero-order valence-electron chi connectivity index (χ0n) is 10.2. The van der Waals surface area contributed by atoms with E-state index in [1.54, 1.807) is 0 Å². The Kier molecular flexibility index (Phi) is 3.81. The van der Waals surface area contributed by atoms with Crippen molar-refractivity contribution in [1.82, 2.24) is 0 Å². The van der Waals surface area contributed by atoms with Crippen LogP contribution >= 0.6 is 0 Å². The lowest BCUT2D eigenvalue weighted by Crippen LogP contribution is -2.23. The largest absolute Gasteiger partial charge is 0.501 e. The van der Waals surface area contributed by atoms with E-state index in [1.165, 1.54) is 6.08 Å². The first-order valence-electron chi connectivity index (χ1n) is 5.61. The lowest BCUT2D eigenvalue weighted by Gasteiger charge is -2.17. The van der Waals surface area contributed by atoms with Gasteiger partial charge in [0.25, 0.3) is 9.84 Å². The number of aliphatic hydroxyl groups excluding tert-OH is 1. The predicted octanol–water partition coefficient (Wildman–Crippen LogP) is 1.50. The number of cyclic esters (lactones) is 1. The van der Waals surface area contributed by atoms with E-state index < -0.39 is 38.4 Å². The Hall–Kier alpha value is -1.87. The first kappa shape index (κ1) is 15.5. The van der Waals surface area contributed by atoms with Crippen molar-refractivity contribution >= 4 is 15.8 Å². The first-order chi connectivity index (χ1) is 9.63. The molecular formula is C12H9F3O5S. The summed E-state index contributed by atoms with van der Waals surface area (Å²) < 4.78 is 64.2. The lowest BCUT2D eigenvalue weighted by molar-refractivity contribution is -0.142. The first-order valence-corrected chi connectivity index (χ1v) is 7.09. The number of esters is 1. The molecule has 0 amide bonds. The van der Waals surface area contributed by atoms with Crippen molar-refractivity contribution in [3.05, 3.63) is 42.0 Å². The SMILES string of the molecule is O=C1C=CC(C(O)c2ccc(S(=O)(=O)C(F)(F)F)cc2)O1. The molecule has 0 radical (unpaired) electrons. The summed E-state index contributed by atoms with van der Waals surface area (Å²) in [5.41, 5.74) is -5.27. The highest BCUT2D eigenvalue weighted by molar-refractivity contribution is 7.92. The van der Waals surface area contributed by atoms with E-state index in [-0.39, 0.29) is 5.56 Å². The second-order valence-corrected chi connectivity index (χ2v) is 6.16. The molecule has 0 saturated heterocycles. The van der Waals surface area contributed by atoms with Crippen molar-refractivity contribution in [2.45, 2.75) is 22.6 Å². The number of ether oxygens (including phenoxy) is 1. The number of aliphatic hydroxyl groups is 1. The summed E-state index contributed by atoms with van der Waals surface area (Å²) in [6.45, 7) is 0. The van der Waals surface area contributed by atoms with Crippen LogP contribution < -0.4 is 0 Å². The third-order valence-electron chi connectivity index (χ3n) is 2.82. The topological polar surface area (TPSA) is 80.7 Å². The molecule has 2 atom stereocenters. The van der Waals surface area contributed by atoms with E-state index >= 15 is 0 Å². The molecule has 1 aromatic rings. The van der Waals surface area contributed by atoms with Crippen molar-refractivity contribution in [3.63, 3.8) is 0 Å². The van der Waals surface area contributed by atoms with Crippen LogP contribution in [0.1, 0.15) is 11.7 Å². The number of halogens is 3. The van der Waals surface area contributed by atoms with Crippen molar-refractivity contribution in [3.8, 4) is 0 Å². The summed E-state index contributed by atoms with van der Waals surface area (Å²) in [6, 6.07) is 3.54. The Morgan fingerprint density at radius 3 is 2.19 bits per heavy atom. The fourth-order valence-corrected chi connectivity index (χ4v) is 2.48. The molecule has 1 heterocycles. The van der Waals surface area contributed by atoms with Crippen LogP contribution in [0.3, 0.4) is 0 Å². The van der Waals surface area contributed by atoms with Gasteiger partial charge in [0.05, 0.1) is 4.90 Å². The summed E-state index contributed by atoms with van der Waals surface area (Å²) in [4.78, 5) is 9.93. The van der Waals surface area contributed by atoms with E-state index in [0.717, 1.165) is 30.3 Å². The van der Waals surface area contributed by atoms with Crippen LogP contribution in [0.2, 0.25) is 0 Å². The number of rotatable bonds is 3. The summed E-state index contributed by atoms with van der Waals surface area (Å²) >= 11 is 0. The molecule has 5 nitrogen and oxygen atoms in total. The summed E-state index contributed by atoms with van der Waals surface area (Å²) in [5, 5.41) is 9.89. The minimum absolute atomic E-state index is 0.125. The fourth-order valence-electron chi connectivity index (χ4n) is 1.72. The predicted molar refractivity (Wildman–Crippen MR) is 63.7 cm³/mol. The Labute approximate surface area is 117 Å². The molecule has 9 heteroatoms. The average Bonchev–Trinajstić information content (AvgIpc) is 2.83. The number of sulfone groups is 1. The Morgan fingerprint density at radius 1 is 1.19 bits per heavy atom. The van der Waals surface area contributed by atoms with Crippen LogP contribution in [0.5, 0.6) is 0 Å². The quantitative estimate of drug-likeness (QED) is 0.853. The molecule has 1 N–H and O–H groups in total. The molecule has 1 aliphatic heterocycles. The van der Waals surface area contributed by atoms with Crippen LogP contribution in [0, 0.1) is 0 Å². The van der Waals surface area contributed by atoms with Gasteiger partial charge in [-0.15, -0.1) is 0 Å². The highest BCUT2D eigenvalue weighted by Gasteiger charge is 2.46. The van der Waals surface area contributed by atoms with Gasteiger partial charge in [-0.1, -0.05) is 12.1 Å². The Balaban J connectivity index is 2.24. The van der Waals surface area contributed by atoms with Crippen molar-refractivity contribution in [2.75, 3.05) is 0 Å². The third-order valence-corrected chi connectivity index (χ3v) is 4.32. The molecule has 114 valence electrons. The van der Waals surface area contributed by atoms with Gasteiger partial charge in [0.15, 0.2) is 6.10 Å². The Morgan fingerprint density at radius 2 is 1.76 bits per heavy atom. The smallest absolute Gasteiger partial charge is 0.452 e. The molecule has 0 spiro atoms. The van der Waals surface area contributed by atoms with Crippen LogP contribution in [-0.2, 0) is 19.4 Å². The maximum Gasteiger partial charge on any atom is 0.501 e. The molecule has 0 aromatic heterocycles. The second kappa shape index (κ2) is 5.15. The van der Waals surface area contributed by atoms with Gasteiger partial charge in [0.1, 0.15) is 6.10 Å². The molecule has 0 bridgehead atoms. The van der Waals surface area contributed by atoms with Gasteiger partial charge in [-0.25, -0.2) is 13.2 Å². The Bertz CT molecular complexity index is 676. The van der Waals surface area contributed by atoms with E-state index in [4.69, 9.17) is 4.74 Å². The van der Waals surface area contributed by atoms with E-state index in [1.807, 2.05) is 0 Å². The zero-order chi connectivity index (χ0) is 15.8. The van der Waals surface area contributed by atoms with E-state index in [9.17, 15) is 31.5 Å². The zero-order valence-corrected chi connectivity index (χ0v) is 11.1. The second-order valence-electron chi connectivity index (χ2n) is 4.22. The molecule has 1 aliphatic rings. The van der Waals surface area contributed by atoms with E-state index in [0.29, 0.717) is 0 Å². The standard InChI is InChI=1S/C12H9F3O5S/c13-12(14,15)21(18,19)8-3-1-7(2-4-8)11(17)9-5-6-10(16)20-9/h1-6,9,11,17H. The molecule has 1 aromatic carbocycles. The molecule has 0 saturated carbocycles. The highest BCUT2D eigenvalue weighted by Crippen LogP contribution is 2.31. The van der Waals surface area contributed by atoms with Crippen molar-refractivity contribution in [2.24, 2.45) is 0 Å². The summed E-state index contributed by atoms with van der Waals surface area (Å²) in [7, 11) is -5.43. The maximum absolute atomic E-state index is 12.4. The normalized spacial score (nSPS) is 20.4. The van der Waals surface area contributed by atoms with E-state index in [2.05, 4.69) is 0 Å². The number of carbonyl (C=O) groups excluding carboxylic acids is 1. The number of carbonyl (C=O) groups is 1. The van der Waals surface area contributed by atoms with Gasteiger partial charge in [-0.2, -0.15) is 13.2 Å². The fraction of sp³-hybridized carbons (Fsp3) is 0.250. The molecule has 0 fully saturated rings. The third kappa shape index (κ3) is 2.93. The van der Waals surface area contributed by atoms with Gasteiger partial charge in [0, 0.05) is 6.08 Å². The molecular weight excluding hydrogens is 313 g/mol. The summed E-state index contributed by atoms with van der Waals surface area (Å²) in [6.07, 6.45) is 0.155. The van der Waals surface area contributed by atoms with Gasteiger partial charge < -0.3 is 9.84 Å². The summed E-state index contributed by atoms with van der Waals surface area (Å²) in [5.74, 6) is -0.643. The number of benzene rings is 1. The number of hydrogen-bond donors (Lipinski definition) is 1. The molecule has 0 aliphatic carbocycles. The maximum atomic E-state index is 12.4. The highest BCUT2D eigenvalue weighted by atomic mass is 32.2. The minimum atomic E-state index is -5.43. The van der Waals surface area contributed by atoms with Crippen LogP contribution in [0.4, 0.5) is 13.2 Å². The van der Waals surface area contributed by atoms with Crippen LogP contribution in [0.25, 0.3) is 0 Å². The van der Waals surface area contributed by atoms with Crippen LogP contribution in [0.15, 0.2) is 41.3 Å². The van der Waals surface area contributed by atoms with Crippen LogP contribution in [-0.4, -0.2) is 31.1 Å². The molecule has 2 rings (SSSR count).